The highest BCUT2D eigenvalue weighted by atomic mass is 32.2. The molecular formula is C19H28N2O2S. The number of hydrogen-bond donors (Lipinski definition) is 1. The van der Waals surface area contributed by atoms with Crippen LogP contribution in [-0.4, -0.2) is 64.9 Å². The van der Waals surface area contributed by atoms with Gasteiger partial charge in [-0.25, -0.2) is 0 Å². The van der Waals surface area contributed by atoms with Crippen LogP contribution in [-0.2, 0) is 4.79 Å². The molecule has 1 aromatic carbocycles. The molecule has 0 aliphatic carbocycles. The van der Waals surface area contributed by atoms with Crippen LogP contribution in [0.5, 0.6) is 0 Å². The number of benzene rings is 1. The lowest BCUT2D eigenvalue weighted by Gasteiger charge is -2.35. The van der Waals surface area contributed by atoms with Crippen LogP contribution < -0.4 is 0 Å². The van der Waals surface area contributed by atoms with Crippen LogP contribution in [0.4, 0.5) is 0 Å². The van der Waals surface area contributed by atoms with Crippen LogP contribution in [0.25, 0.3) is 0 Å². The van der Waals surface area contributed by atoms with E-state index in [9.17, 15) is 9.90 Å². The first-order valence-corrected chi connectivity index (χ1v) is 9.89. The number of nitrogens with zero attached hydrogens (tertiary/aromatic N) is 2. The summed E-state index contributed by atoms with van der Waals surface area (Å²) in [6, 6.07) is 8.66. The van der Waals surface area contributed by atoms with E-state index in [0.29, 0.717) is 18.3 Å². The van der Waals surface area contributed by atoms with E-state index in [2.05, 4.69) is 36.1 Å². The number of likely N-dealkylation sites (tertiary alicyclic amines) is 2. The molecular weight excluding hydrogens is 320 g/mol. The van der Waals surface area contributed by atoms with Gasteiger partial charge in [-0.1, -0.05) is 17.7 Å². The molecule has 4 nitrogen and oxygen atoms in total. The fourth-order valence-corrected chi connectivity index (χ4v) is 4.81. The smallest absolute Gasteiger partial charge is 0.236 e. The number of thioether (sulfide) groups is 1. The van der Waals surface area contributed by atoms with E-state index < -0.39 is 0 Å². The van der Waals surface area contributed by atoms with Gasteiger partial charge in [0.15, 0.2) is 0 Å². The van der Waals surface area contributed by atoms with E-state index in [1.54, 1.807) is 0 Å². The second kappa shape index (κ2) is 8.37. The summed E-state index contributed by atoms with van der Waals surface area (Å²) in [5, 5.41) is 10.3. The van der Waals surface area contributed by atoms with Crippen molar-refractivity contribution in [3.8, 4) is 0 Å². The SMILES string of the molecule is Cc1cccc(SC2CCN(C(=O)CN3CCC[C@@H](O)C3)CC2)c1. The summed E-state index contributed by atoms with van der Waals surface area (Å²) in [6.07, 6.45) is 3.72. The van der Waals surface area contributed by atoms with Crippen molar-refractivity contribution in [3.63, 3.8) is 0 Å². The van der Waals surface area contributed by atoms with Gasteiger partial charge in [-0.3, -0.25) is 9.69 Å². The molecule has 0 saturated carbocycles. The van der Waals surface area contributed by atoms with Crippen LogP contribution in [0.2, 0.25) is 0 Å². The minimum Gasteiger partial charge on any atom is -0.392 e. The van der Waals surface area contributed by atoms with E-state index in [1.165, 1.54) is 10.5 Å². The van der Waals surface area contributed by atoms with Gasteiger partial charge in [0.2, 0.25) is 5.91 Å². The fourth-order valence-electron chi connectivity index (χ4n) is 3.57. The van der Waals surface area contributed by atoms with Gasteiger partial charge in [0.05, 0.1) is 12.6 Å². The van der Waals surface area contributed by atoms with Crippen molar-refractivity contribution < 1.29 is 9.90 Å². The number of rotatable bonds is 4. The van der Waals surface area contributed by atoms with Crippen LogP contribution in [0, 0.1) is 6.92 Å². The number of aryl methyl sites for hydroxylation is 1. The number of aliphatic hydroxyl groups is 1. The van der Waals surface area contributed by atoms with Crippen molar-refractivity contribution in [3.05, 3.63) is 29.8 Å². The zero-order chi connectivity index (χ0) is 16.9. The van der Waals surface area contributed by atoms with Crippen LogP contribution in [0.1, 0.15) is 31.2 Å². The van der Waals surface area contributed by atoms with E-state index in [-0.39, 0.29) is 12.0 Å². The molecule has 0 radical (unpaired) electrons. The normalized spacial score (nSPS) is 23.4. The maximum atomic E-state index is 12.5. The molecule has 132 valence electrons. The molecule has 0 spiro atoms. The Morgan fingerprint density at radius 2 is 2.04 bits per heavy atom. The monoisotopic (exact) mass is 348 g/mol. The van der Waals surface area contributed by atoms with Gasteiger partial charge < -0.3 is 10.0 Å². The van der Waals surface area contributed by atoms with Crippen molar-refractivity contribution in [1.82, 2.24) is 9.80 Å². The molecule has 2 aliphatic rings. The zero-order valence-electron chi connectivity index (χ0n) is 14.5. The molecule has 3 rings (SSSR count). The highest BCUT2D eigenvalue weighted by Gasteiger charge is 2.26. The third kappa shape index (κ3) is 4.98. The van der Waals surface area contributed by atoms with Crippen molar-refractivity contribution in [2.45, 2.75) is 48.9 Å². The molecule has 1 N–H and O–H groups in total. The molecule has 24 heavy (non-hydrogen) atoms. The first kappa shape index (κ1) is 17.8. The predicted molar refractivity (Wildman–Crippen MR) is 98.3 cm³/mol. The summed E-state index contributed by atoms with van der Waals surface area (Å²) in [5.74, 6) is 0.225. The molecule has 0 unspecified atom stereocenters. The van der Waals surface area contributed by atoms with Gasteiger partial charge in [-0.2, -0.15) is 0 Å². The summed E-state index contributed by atoms with van der Waals surface area (Å²) >= 11 is 1.95. The van der Waals surface area contributed by atoms with Gasteiger partial charge in [0, 0.05) is 29.8 Å². The van der Waals surface area contributed by atoms with Crippen molar-refractivity contribution in [2.75, 3.05) is 32.7 Å². The predicted octanol–water partition coefficient (Wildman–Crippen LogP) is 2.53. The Balaban J connectivity index is 1.43. The Hall–Kier alpha value is -1.04. The first-order chi connectivity index (χ1) is 11.6. The number of carbonyl (C=O) groups excluding carboxylic acids is 1. The zero-order valence-corrected chi connectivity index (χ0v) is 15.3. The van der Waals surface area contributed by atoms with E-state index in [1.807, 2.05) is 16.7 Å². The molecule has 5 heteroatoms. The molecule has 2 saturated heterocycles. The number of piperidine rings is 2. The molecule has 0 bridgehead atoms. The number of β-amino-alcohol motifs (C(OH)–C–C–N with tert-alkyl or cyclic N) is 1. The molecule has 0 aromatic heterocycles. The van der Waals surface area contributed by atoms with Crippen molar-refractivity contribution in [2.24, 2.45) is 0 Å². The summed E-state index contributed by atoms with van der Waals surface area (Å²) in [4.78, 5) is 17.9. The molecule has 2 heterocycles. The summed E-state index contributed by atoms with van der Waals surface area (Å²) in [5.41, 5.74) is 1.30. The summed E-state index contributed by atoms with van der Waals surface area (Å²) in [7, 11) is 0. The second-order valence-corrected chi connectivity index (χ2v) is 8.42. The number of hydrogen-bond acceptors (Lipinski definition) is 4. The number of carbonyl (C=O) groups is 1. The van der Waals surface area contributed by atoms with Gasteiger partial charge in [0.25, 0.3) is 0 Å². The first-order valence-electron chi connectivity index (χ1n) is 9.01. The largest absolute Gasteiger partial charge is 0.392 e. The van der Waals surface area contributed by atoms with Crippen LogP contribution in [0.15, 0.2) is 29.2 Å². The highest BCUT2D eigenvalue weighted by molar-refractivity contribution is 8.00. The summed E-state index contributed by atoms with van der Waals surface area (Å²) in [6.45, 7) is 5.89. The van der Waals surface area contributed by atoms with Gasteiger partial charge in [-0.15, -0.1) is 11.8 Å². The molecule has 1 atom stereocenters. The highest BCUT2D eigenvalue weighted by Crippen LogP contribution is 2.30. The minimum atomic E-state index is -0.261. The van der Waals surface area contributed by atoms with Crippen molar-refractivity contribution in [1.29, 1.82) is 0 Å². The standard InChI is InChI=1S/C19H28N2O2S/c1-15-4-2-6-18(12-15)24-17-7-10-21(11-8-17)19(23)14-20-9-3-5-16(22)13-20/h2,4,6,12,16-17,22H,3,5,7-11,13-14H2,1H3/t16-/m1/s1. The Morgan fingerprint density at radius 3 is 2.75 bits per heavy atom. The fraction of sp³-hybridized carbons (Fsp3) is 0.632. The number of aliphatic hydroxyl groups excluding tert-OH is 1. The molecule has 1 aromatic rings. The molecule has 2 fully saturated rings. The summed E-state index contributed by atoms with van der Waals surface area (Å²) < 4.78 is 0. The average molecular weight is 349 g/mol. The Labute approximate surface area is 149 Å². The molecule has 1 amide bonds. The van der Waals surface area contributed by atoms with Gasteiger partial charge in [-0.05, 0) is 51.3 Å². The quantitative estimate of drug-likeness (QED) is 0.908. The van der Waals surface area contributed by atoms with E-state index in [4.69, 9.17) is 0 Å². The Kier molecular flexibility index (Phi) is 6.19. The number of amides is 1. The van der Waals surface area contributed by atoms with Crippen LogP contribution in [0.3, 0.4) is 0 Å². The maximum Gasteiger partial charge on any atom is 0.236 e. The average Bonchev–Trinajstić information content (AvgIpc) is 2.55. The van der Waals surface area contributed by atoms with Gasteiger partial charge >= 0.3 is 0 Å². The second-order valence-electron chi connectivity index (χ2n) is 7.05. The lowest BCUT2D eigenvalue weighted by atomic mass is 10.1. The van der Waals surface area contributed by atoms with Crippen LogP contribution >= 0.6 is 11.8 Å². The van der Waals surface area contributed by atoms with E-state index in [0.717, 1.165) is 45.3 Å². The molecule has 2 aliphatic heterocycles. The lowest BCUT2D eigenvalue weighted by Crippen LogP contribution is -2.47. The third-order valence-corrected chi connectivity index (χ3v) is 6.26. The minimum absolute atomic E-state index is 0.225. The topological polar surface area (TPSA) is 43.8 Å². The van der Waals surface area contributed by atoms with E-state index >= 15 is 0 Å². The Bertz CT molecular complexity index is 558. The third-order valence-electron chi connectivity index (χ3n) is 4.93. The van der Waals surface area contributed by atoms with Crippen molar-refractivity contribution >= 4 is 17.7 Å². The maximum absolute atomic E-state index is 12.5. The lowest BCUT2D eigenvalue weighted by molar-refractivity contribution is -0.133. The Morgan fingerprint density at radius 1 is 1.25 bits per heavy atom. The van der Waals surface area contributed by atoms with Gasteiger partial charge in [0.1, 0.15) is 0 Å².